The van der Waals surface area contributed by atoms with Crippen molar-refractivity contribution in [3.8, 4) is 0 Å². The minimum atomic E-state index is -4.31. The fourth-order valence-electron chi connectivity index (χ4n) is 2.66. The van der Waals surface area contributed by atoms with Gasteiger partial charge in [0.1, 0.15) is 10.4 Å². The maximum absolute atomic E-state index is 13.5. The Morgan fingerprint density at radius 3 is 2.70 bits per heavy atom. The Morgan fingerprint density at radius 2 is 2.10 bits per heavy atom. The minimum Gasteiger partial charge on any atom is -0.315 e. The fraction of sp³-hybridized carbons (Fsp3) is 0.727. The molecule has 0 radical (unpaired) electrons. The number of hydrogen-bond donors (Lipinski definition) is 1. The topological polar surface area (TPSA) is 55.1 Å². The van der Waals surface area contributed by atoms with Crippen LogP contribution in [0.2, 0.25) is 0 Å². The lowest BCUT2D eigenvalue weighted by Crippen LogP contribution is -2.44. The molecule has 2 aromatic heterocycles. The molecule has 1 aliphatic heterocycles. The highest BCUT2D eigenvalue weighted by Crippen LogP contribution is 2.47. The van der Waals surface area contributed by atoms with Gasteiger partial charge in [-0.1, -0.05) is 11.3 Å². The molecule has 1 unspecified atom stereocenters. The number of nitrogens with zero attached hydrogens (tertiary/aromatic N) is 4. The van der Waals surface area contributed by atoms with E-state index in [0.29, 0.717) is 23.2 Å². The SMILES string of the molecule is FC(F)(F)C1(c2nn3c(C4CC4)nnc3s2)CCNC1. The third-order valence-electron chi connectivity index (χ3n) is 4.06. The van der Waals surface area contributed by atoms with Crippen molar-refractivity contribution in [2.75, 3.05) is 13.1 Å². The van der Waals surface area contributed by atoms with Crippen LogP contribution in [-0.2, 0) is 5.41 Å². The Morgan fingerprint density at radius 1 is 1.30 bits per heavy atom. The van der Waals surface area contributed by atoms with Crippen LogP contribution in [0.3, 0.4) is 0 Å². The minimum absolute atomic E-state index is 0.0271. The normalized spacial score (nSPS) is 27.6. The molecule has 1 saturated heterocycles. The van der Waals surface area contributed by atoms with Gasteiger partial charge in [0.2, 0.25) is 4.96 Å². The van der Waals surface area contributed by atoms with E-state index in [2.05, 4.69) is 20.6 Å². The van der Waals surface area contributed by atoms with Crippen molar-refractivity contribution < 1.29 is 13.2 Å². The summed E-state index contributed by atoms with van der Waals surface area (Å²) in [5.74, 6) is 1.01. The third-order valence-corrected chi connectivity index (χ3v) is 5.17. The van der Waals surface area contributed by atoms with Gasteiger partial charge in [0.05, 0.1) is 0 Å². The predicted octanol–water partition coefficient (Wildman–Crippen LogP) is 1.86. The molecule has 0 bridgehead atoms. The molecule has 3 heterocycles. The standard InChI is InChI=1S/C11H12F3N5S/c12-11(13,14)10(3-4-15-5-10)8-18-19-7(6-1-2-6)16-17-9(19)20-8/h6,15H,1-5H2. The Hall–Kier alpha value is -1.22. The third kappa shape index (κ3) is 1.62. The molecule has 1 atom stereocenters. The average Bonchev–Trinajstić information content (AvgIpc) is 2.83. The van der Waals surface area contributed by atoms with Crippen LogP contribution in [0.15, 0.2) is 0 Å². The molecular formula is C11H12F3N5S. The van der Waals surface area contributed by atoms with Crippen molar-refractivity contribution in [2.45, 2.75) is 36.8 Å². The molecule has 108 valence electrons. The first-order valence-corrected chi connectivity index (χ1v) is 7.33. The summed E-state index contributed by atoms with van der Waals surface area (Å²) in [5.41, 5.74) is -1.88. The molecule has 2 fully saturated rings. The van der Waals surface area contributed by atoms with Crippen LogP contribution in [-0.4, -0.2) is 39.1 Å². The molecule has 20 heavy (non-hydrogen) atoms. The lowest BCUT2D eigenvalue weighted by Gasteiger charge is -2.27. The first kappa shape index (κ1) is 12.5. The molecule has 0 aromatic carbocycles. The zero-order valence-corrected chi connectivity index (χ0v) is 11.3. The Bertz CT molecular complexity index is 651. The molecule has 1 saturated carbocycles. The highest BCUT2D eigenvalue weighted by atomic mass is 32.1. The zero-order valence-electron chi connectivity index (χ0n) is 10.4. The summed E-state index contributed by atoms with van der Waals surface area (Å²) in [5, 5.41) is 15.1. The molecule has 4 rings (SSSR count). The van der Waals surface area contributed by atoms with Crippen LogP contribution < -0.4 is 5.32 Å². The largest absolute Gasteiger partial charge is 0.402 e. The van der Waals surface area contributed by atoms with Crippen molar-refractivity contribution >= 4 is 16.3 Å². The van der Waals surface area contributed by atoms with Crippen molar-refractivity contribution in [1.82, 2.24) is 25.1 Å². The number of aromatic nitrogens is 4. The van der Waals surface area contributed by atoms with Gasteiger partial charge in [-0.3, -0.25) is 0 Å². The molecule has 1 N–H and O–H groups in total. The number of fused-ring (bicyclic) bond motifs is 1. The first-order chi connectivity index (χ1) is 9.51. The van der Waals surface area contributed by atoms with Gasteiger partial charge in [-0.2, -0.15) is 22.8 Å². The van der Waals surface area contributed by atoms with Crippen molar-refractivity contribution in [3.05, 3.63) is 10.8 Å². The molecule has 9 heteroatoms. The van der Waals surface area contributed by atoms with Crippen LogP contribution >= 0.6 is 11.3 Å². The van der Waals surface area contributed by atoms with E-state index >= 15 is 0 Å². The summed E-state index contributed by atoms with van der Waals surface area (Å²) in [7, 11) is 0. The summed E-state index contributed by atoms with van der Waals surface area (Å²) < 4.78 is 42.0. The quantitative estimate of drug-likeness (QED) is 0.920. The van der Waals surface area contributed by atoms with E-state index in [9.17, 15) is 13.2 Å². The smallest absolute Gasteiger partial charge is 0.315 e. The van der Waals surface area contributed by atoms with Crippen molar-refractivity contribution in [3.63, 3.8) is 0 Å². The lowest BCUT2D eigenvalue weighted by molar-refractivity contribution is -0.185. The van der Waals surface area contributed by atoms with Gasteiger partial charge in [-0.25, -0.2) is 0 Å². The van der Waals surface area contributed by atoms with Crippen LogP contribution in [0.1, 0.15) is 36.0 Å². The van der Waals surface area contributed by atoms with Crippen molar-refractivity contribution in [1.29, 1.82) is 0 Å². The second-order valence-corrected chi connectivity index (χ2v) is 6.40. The monoisotopic (exact) mass is 303 g/mol. The summed E-state index contributed by atoms with van der Waals surface area (Å²) in [6.45, 7) is 0.245. The number of alkyl halides is 3. The van der Waals surface area contributed by atoms with E-state index in [1.165, 1.54) is 4.52 Å². The van der Waals surface area contributed by atoms with E-state index in [0.717, 1.165) is 24.2 Å². The molecular weight excluding hydrogens is 291 g/mol. The summed E-state index contributed by atoms with van der Waals surface area (Å²) >= 11 is 1.00. The maximum Gasteiger partial charge on any atom is 0.402 e. The van der Waals surface area contributed by atoms with Gasteiger partial charge in [-0.15, -0.1) is 10.2 Å². The highest BCUT2D eigenvalue weighted by Gasteiger charge is 2.59. The fourth-order valence-corrected chi connectivity index (χ4v) is 3.74. The summed E-state index contributed by atoms with van der Waals surface area (Å²) in [4.78, 5) is 0.456. The Labute approximate surface area is 116 Å². The van der Waals surface area contributed by atoms with Crippen molar-refractivity contribution in [2.24, 2.45) is 0 Å². The van der Waals surface area contributed by atoms with Gasteiger partial charge in [0, 0.05) is 12.5 Å². The van der Waals surface area contributed by atoms with E-state index in [1.807, 2.05) is 0 Å². The Kier molecular flexibility index (Phi) is 2.45. The van der Waals surface area contributed by atoms with E-state index in [1.54, 1.807) is 0 Å². The second-order valence-electron chi connectivity index (χ2n) is 5.44. The number of hydrogen-bond acceptors (Lipinski definition) is 5. The molecule has 0 spiro atoms. The first-order valence-electron chi connectivity index (χ1n) is 6.51. The molecule has 0 amide bonds. The second kappa shape index (κ2) is 3.91. The van der Waals surface area contributed by atoms with Gasteiger partial charge >= 0.3 is 6.18 Å². The summed E-state index contributed by atoms with van der Waals surface area (Å²) in [6, 6.07) is 0. The Balaban J connectivity index is 1.84. The van der Waals surface area contributed by atoms with Crippen LogP contribution in [0.25, 0.3) is 4.96 Å². The number of nitrogens with one attached hydrogen (secondary N) is 1. The van der Waals surface area contributed by atoms with Gasteiger partial charge in [0.15, 0.2) is 5.82 Å². The van der Waals surface area contributed by atoms with Gasteiger partial charge < -0.3 is 5.32 Å². The molecule has 1 aliphatic carbocycles. The van der Waals surface area contributed by atoms with E-state index in [-0.39, 0.29) is 18.0 Å². The summed E-state index contributed by atoms with van der Waals surface area (Å²) in [6.07, 6.45) is -2.25. The maximum atomic E-state index is 13.5. The van der Waals surface area contributed by atoms with Gasteiger partial charge in [-0.05, 0) is 25.8 Å². The van der Waals surface area contributed by atoms with Gasteiger partial charge in [0.25, 0.3) is 0 Å². The van der Waals surface area contributed by atoms with Crippen LogP contribution in [0.4, 0.5) is 13.2 Å². The highest BCUT2D eigenvalue weighted by molar-refractivity contribution is 7.16. The predicted molar refractivity (Wildman–Crippen MR) is 65.9 cm³/mol. The lowest BCUT2D eigenvalue weighted by atomic mass is 9.87. The van der Waals surface area contributed by atoms with Crippen LogP contribution in [0.5, 0.6) is 0 Å². The number of rotatable bonds is 2. The molecule has 2 aromatic rings. The zero-order chi connectivity index (χ0) is 14.0. The van der Waals surface area contributed by atoms with Crippen LogP contribution in [0, 0.1) is 0 Å². The number of halogens is 3. The molecule has 5 nitrogen and oxygen atoms in total. The van der Waals surface area contributed by atoms with E-state index in [4.69, 9.17) is 0 Å². The molecule has 2 aliphatic rings. The van der Waals surface area contributed by atoms with E-state index < -0.39 is 11.6 Å². The average molecular weight is 303 g/mol.